The Labute approximate surface area is 161 Å². The minimum atomic E-state index is -0.605. The van der Waals surface area contributed by atoms with E-state index in [0.29, 0.717) is 24.0 Å². The number of nitrogens with zero attached hydrogens (tertiary/aromatic N) is 1. The standard InChI is InChI=1S/C20H30ClNO4/c1-4-25-18-11-15(16(21)12-17(18)24-3)13-22-8-5-20(6-9-22)14-19(2,23)7-10-26-20/h11-12,23H,4-10,13-14H2,1-3H3. The number of piperidine rings is 1. The van der Waals surface area contributed by atoms with Crippen molar-refractivity contribution in [3.63, 3.8) is 0 Å². The van der Waals surface area contributed by atoms with Gasteiger partial charge in [0, 0.05) is 37.1 Å². The maximum Gasteiger partial charge on any atom is 0.162 e. The second-order valence-electron chi connectivity index (χ2n) is 7.76. The van der Waals surface area contributed by atoms with Crippen molar-refractivity contribution in [3.05, 3.63) is 22.7 Å². The van der Waals surface area contributed by atoms with Gasteiger partial charge in [-0.1, -0.05) is 11.6 Å². The molecule has 2 heterocycles. The van der Waals surface area contributed by atoms with Crippen LogP contribution >= 0.6 is 11.6 Å². The first-order valence-corrected chi connectivity index (χ1v) is 9.82. The third-order valence-electron chi connectivity index (χ3n) is 5.55. The molecule has 0 amide bonds. The van der Waals surface area contributed by atoms with Gasteiger partial charge < -0.3 is 19.3 Å². The lowest BCUT2D eigenvalue weighted by molar-refractivity contribution is -0.173. The Morgan fingerprint density at radius 3 is 2.58 bits per heavy atom. The summed E-state index contributed by atoms with van der Waals surface area (Å²) in [4.78, 5) is 2.39. The molecule has 2 aliphatic rings. The molecule has 2 fully saturated rings. The summed E-state index contributed by atoms with van der Waals surface area (Å²) >= 11 is 6.46. The number of likely N-dealkylation sites (tertiary alicyclic amines) is 1. The highest BCUT2D eigenvalue weighted by atomic mass is 35.5. The fourth-order valence-corrected chi connectivity index (χ4v) is 4.34. The van der Waals surface area contributed by atoms with Gasteiger partial charge in [0.05, 0.1) is 31.5 Å². The fraction of sp³-hybridized carbons (Fsp3) is 0.700. The Kier molecular flexibility index (Phi) is 6.02. The van der Waals surface area contributed by atoms with Crippen LogP contribution < -0.4 is 9.47 Å². The van der Waals surface area contributed by atoms with E-state index in [0.717, 1.165) is 56.6 Å². The van der Waals surface area contributed by atoms with Gasteiger partial charge in [0.1, 0.15) is 0 Å². The second kappa shape index (κ2) is 7.93. The van der Waals surface area contributed by atoms with Gasteiger partial charge in [-0.05, 0) is 44.7 Å². The Morgan fingerprint density at radius 1 is 1.23 bits per heavy atom. The van der Waals surface area contributed by atoms with Gasteiger partial charge in [-0.2, -0.15) is 0 Å². The molecule has 6 heteroatoms. The minimum Gasteiger partial charge on any atom is -0.493 e. The zero-order valence-corrected chi connectivity index (χ0v) is 16.8. The van der Waals surface area contributed by atoms with Gasteiger partial charge >= 0.3 is 0 Å². The van der Waals surface area contributed by atoms with Crippen molar-refractivity contribution in [3.8, 4) is 11.5 Å². The van der Waals surface area contributed by atoms with E-state index in [9.17, 15) is 5.11 Å². The van der Waals surface area contributed by atoms with Crippen LogP contribution in [0.25, 0.3) is 0 Å². The first kappa shape index (κ1) is 19.7. The predicted octanol–water partition coefficient (Wildman–Crippen LogP) is 3.64. The van der Waals surface area contributed by atoms with Crippen LogP contribution in [0.2, 0.25) is 5.02 Å². The molecule has 3 rings (SSSR count). The van der Waals surface area contributed by atoms with Gasteiger partial charge in [0.2, 0.25) is 0 Å². The van der Waals surface area contributed by atoms with E-state index >= 15 is 0 Å². The van der Waals surface area contributed by atoms with Gasteiger partial charge in [0.15, 0.2) is 11.5 Å². The summed E-state index contributed by atoms with van der Waals surface area (Å²) in [5, 5.41) is 11.1. The maximum absolute atomic E-state index is 10.4. The first-order valence-electron chi connectivity index (χ1n) is 9.44. The highest BCUT2D eigenvalue weighted by Crippen LogP contribution is 2.40. The highest BCUT2D eigenvalue weighted by molar-refractivity contribution is 6.31. The second-order valence-corrected chi connectivity index (χ2v) is 8.17. The molecule has 0 aromatic heterocycles. The van der Waals surface area contributed by atoms with E-state index in [2.05, 4.69) is 4.90 Å². The molecule has 1 spiro atoms. The number of hydrogen-bond donors (Lipinski definition) is 1. The van der Waals surface area contributed by atoms with Crippen molar-refractivity contribution >= 4 is 11.6 Å². The SMILES string of the molecule is CCOc1cc(CN2CCC3(CC2)CC(C)(O)CCO3)c(Cl)cc1OC. The van der Waals surface area contributed by atoms with E-state index in [1.165, 1.54) is 0 Å². The van der Waals surface area contributed by atoms with Gasteiger partial charge in [-0.3, -0.25) is 4.90 Å². The molecule has 5 nitrogen and oxygen atoms in total. The third kappa shape index (κ3) is 4.45. The lowest BCUT2D eigenvalue weighted by atomic mass is 9.78. The topological polar surface area (TPSA) is 51.2 Å². The van der Waals surface area contributed by atoms with Crippen LogP contribution in [0.3, 0.4) is 0 Å². The Bertz CT molecular complexity index is 626. The summed E-state index contributed by atoms with van der Waals surface area (Å²) in [6.07, 6.45) is 3.33. The smallest absolute Gasteiger partial charge is 0.162 e. The number of methoxy groups -OCH3 is 1. The van der Waals surface area contributed by atoms with Crippen molar-refractivity contribution in [2.24, 2.45) is 0 Å². The average molecular weight is 384 g/mol. The number of halogens is 1. The monoisotopic (exact) mass is 383 g/mol. The van der Waals surface area contributed by atoms with Gasteiger partial charge in [0.25, 0.3) is 0 Å². The van der Waals surface area contributed by atoms with Crippen molar-refractivity contribution in [1.82, 2.24) is 4.90 Å². The van der Waals surface area contributed by atoms with E-state index in [1.807, 2.05) is 26.0 Å². The number of ether oxygens (including phenoxy) is 3. The summed E-state index contributed by atoms with van der Waals surface area (Å²) in [6.45, 7) is 7.75. The van der Waals surface area contributed by atoms with E-state index in [-0.39, 0.29) is 5.60 Å². The molecule has 0 radical (unpaired) electrons. The molecule has 1 aromatic rings. The predicted molar refractivity (Wildman–Crippen MR) is 102 cm³/mol. The van der Waals surface area contributed by atoms with E-state index in [1.54, 1.807) is 7.11 Å². The lowest BCUT2D eigenvalue weighted by Crippen LogP contribution is -2.53. The van der Waals surface area contributed by atoms with Crippen LogP contribution in [0, 0.1) is 0 Å². The van der Waals surface area contributed by atoms with Crippen LogP contribution in [-0.4, -0.2) is 54.6 Å². The zero-order valence-electron chi connectivity index (χ0n) is 16.0. The molecule has 0 saturated carbocycles. The van der Waals surface area contributed by atoms with E-state index in [4.69, 9.17) is 25.8 Å². The van der Waals surface area contributed by atoms with Crippen LogP contribution in [0.1, 0.15) is 45.1 Å². The van der Waals surface area contributed by atoms with E-state index < -0.39 is 5.60 Å². The van der Waals surface area contributed by atoms with Crippen molar-refractivity contribution in [1.29, 1.82) is 0 Å². The molecule has 2 aliphatic heterocycles. The molecule has 1 atom stereocenters. The quantitative estimate of drug-likeness (QED) is 0.841. The minimum absolute atomic E-state index is 0.168. The van der Waals surface area contributed by atoms with Gasteiger partial charge in [-0.15, -0.1) is 0 Å². The Balaban J connectivity index is 1.65. The molecular weight excluding hydrogens is 354 g/mol. The molecule has 1 N–H and O–H groups in total. The van der Waals surface area contributed by atoms with Gasteiger partial charge in [-0.25, -0.2) is 0 Å². The van der Waals surface area contributed by atoms with Crippen molar-refractivity contribution < 1.29 is 19.3 Å². The first-order chi connectivity index (χ1) is 12.4. The molecule has 26 heavy (non-hydrogen) atoms. The third-order valence-corrected chi connectivity index (χ3v) is 5.90. The Hall–Kier alpha value is -1.01. The largest absolute Gasteiger partial charge is 0.493 e. The van der Waals surface area contributed by atoms with Crippen molar-refractivity contribution in [2.45, 2.75) is 57.3 Å². The maximum atomic E-state index is 10.4. The summed E-state index contributed by atoms with van der Waals surface area (Å²) in [5.74, 6) is 1.39. The normalized spacial score (nSPS) is 26.0. The lowest BCUT2D eigenvalue weighted by Gasteiger charge is -2.48. The molecular formula is C20H30ClNO4. The molecule has 0 bridgehead atoms. The number of hydrogen-bond acceptors (Lipinski definition) is 5. The number of aliphatic hydroxyl groups is 1. The number of benzene rings is 1. The molecule has 146 valence electrons. The van der Waals surface area contributed by atoms with Crippen LogP contribution in [0.4, 0.5) is 0 Å². The molecule has 1 aromatic carbocycles. The highest BCUT2D eigenvalue weighted by Gasteiger charge is 2.44. The fourth-order valence-electron chi connectivity index (χ4n) is 4.13. The van der Waals surface area contributed by atoms with Crippen LogP contribution in [-0.2, 0) is 11.3 Å². The van der Waals surface area contributed by atoms with Crippen LogP contribution in [0.15, 0.2) is 12.1 Å². The van der Waals surface area contributed by atoms with Crippen molar-refractivity contribution in [2.75, 3.05) is 33.4 Å². The summed E-state index contributed by atoms with van der Waals surface area (Å²) < 4.78 is 17.1. The zero-order chi connectivity index (χ0) is 18.8. The molecule has 2 saturated heterocycles. The summed E-state index contributed by atoms with van der Waals surface area (Å²) in [7, 11) is 1.62. The Morgan fingerprint density at radius 2 is 1.96 bits per heavy atom. The average Bonchev–Trinajstić information content (AvgIpc) is 2.59. The van der Waals surface area contributed by atoms with Crippen LogP contribution in [0.5, 0.6) is 11.5 Å². The summed E-state index contributed by atoms with van der Waals surface area (Å²) in [6, 6.07) is 3.81. The molecule has 0 aliphatic carbocycles. The molecule has 1 unspecified atom stereocenters. The number of rotatable bonds is 5. The summed E-state index contributed by atoms with van der Waals surface area (Å²) in [5.41, 5.74) is 0.272.